The Morgan fingerprint density at radius 3 is 2.29 bits per heavy atom. The van der Waals surface area contributed by atoms with Crippen molar-refractivity contribution in [3.63, 3.8) is 0 Å². The van der Waals surface area contributed by atoms with E-state index in [0.717, 1.165) is 11.4 Å². The number of benzene rings is 2. The second kappa shape index (κ2) is 7.78. The molecule has 0 fully saturated rings. The highest BCUT2D eigenvalue weighted by Crippen LogP contribution is 2.19. The molecular formula is C19H17N3O2. The third-order valence-corrected chi connectivity index (χ3v) is 3.23. The molecule has 0 bridgehead atoms. The summed E-state index contributed by atoms with van der Waals surface area (Å²) in [6.45, 7) is -0.0552. The van der Waals surface area contributed by atoms with Gasteiger partial charge in [0.15, 0.2) is 6.61 Å². The van der Waals surface area contributed by atoms with E-state index in [-0.39, 0.29) is 12.5 Å². The number of nitrogens with zero attached hydrogens (tertiary/aromatic N) is 1. The molecule has 0 unspecified atom stereocenters. The highest BCUT2D eigenvalue weighted by atomic mass is 16.5. The number of rotatable bonds is 6. The van der Waals surface area contributed by atoms with Crippen LogP contribution >= 0.6 is 0 Å². The number of hydrogen-bond acceptors (Lipinski definition) is 4. The topological polar surface area (TPSA) is 63.2 Å². The van der Waals surface area contributed by atoms with Crippen molar-refractivity contribution in [1.82, 2.24) is 4.98 Å². The van der Waals surface area contributed by atoms with Crippen molar-refractivity contribution in [3.8, 4) is 5.75 Å². The van der Waals surface area contributed by atoms with E-state index >= 15 is 0 Å². The molecule has 24 heavy (non-hydrogen) atoms. The summed E-state index contributed by atoms with van der Waals surface area (Å²) in [5, 5.41) is 6.00. The van der Waals surface area contributed by atoms with E-state index in [4.69, 9.17) is 4.74 Å². The molecule has 2 aromatic carbocycles. The fraction of sp³-hybridized carbons (Fsp3) is 0.0526. The fourth-order valence-corrected chi connectivity index (χ4v) is 2.11. The van der Waals surface area contributed by atoms with Crippen LogP contribution < -0.4 is 15.4 Å². The maximum atomic E-state index is 11.8. The first kappa shape index (κ1) is 15.6. The number of carbonyl (C=O) groups is 1. The summed E-state index contributed by atoms with van der Waals surface area (Å²) in [6, 6.07) is 20.9. The van der Waals surface area contributed by atoms with E-state index in [9.17, 15) is 4.79 Å². The molecule has 2 N–H and O–H groups in total. The maximum absolute atomic E-state index is 11.8. The number of aromatic nitrogens is 1. The van der Waals surface area contributed by atoms with E-state index in [1.165, 1.54) is 0 Å². The molecule has 120 valence electrons. The minimum Gasteiger partial charge on any atom is -0.484 e. The van der Waals surface area contributed by atoms with Crippen LogP contribution in [-0.2, 0) is 4.79 Å². The van der Waals surface area contributed by atoms with Gasteiger partial charge in [-0.15, -0.1) is 0 Å². The van der Waals surface area contributed by atoms with E-state index in [0.29, 0.717) is 11.4 Å². The summed E-state index contributed by atoms with van der Waals surface area (Å²) in [6.07, 6.45) is 3.24. The Morgan fingerprint density at radius 1 is 0.875 bits per heavy atom. The molecule has 1 heterocycles. The SMILES string of the molecule is O=C(COc1ccc(Nc2ccccc2)cc1)Nc1cccnc1. The standard InChI is InChI=1S/C19H17N3O2/c23-19(22-17-7-4-12-20-13-17)14-24-18-10-8-16(9-11-18)21-15-5-2-1-3-6-15/h1-13,21H,14H2,(H,22,23). The molecule has 0 aliphatic heterocycles. The number of para-hydroxylation sites is 1. The molecular weight excluding hydrogens is 302 g/mol. The van der Waals surface area contributed by atoms with Crippen molar-refractivity contribution < 1.29 is 9.53 Å². The maximum Gasteiger partial charge on any atom is 0.262 e. The summed E-state index contributed by atoms with van der Waals surface area (Å²) >= 11 is 0. The van der Waals surface area contributed by atoms with E-state index in [2.05, 4.69) is 15.6 Å². The molecule has 0 aliphatic carbocycles. The second-order valence-corrected chi connectivity index (χ2v) is 5.09. The Kier molecular flexibility index (Phi) is 5.04. The summed E-state index contributed by atoms with van der Waals surface area (Å²) in [4.78, 5) is 15.8. The molecule has 5 nitrogen and oxygen atoms in total. The minimum absolute atomic E-state index is 0.0552. The lowest BCUT2D eigenvalue weighted by Crippen LogP contribution is -2.20. The quantitative estimate of drug-likeness (QED) is 0.724. The van der Waals surface area contributed by atoms with Crippen molar-refractivity contribution in [2.24, 2.45) is 0 Å². The average molecular weight is 319 g/mol. The zero-order valence-corrected chi connectivity index (χ0v) is 13.0. The van der Waals surface area contributed by atoms with Crippen LogP contribution in [-0.4, -0.2) is 17.5 Å². The van der Waals surface area contributed by atoms with Gasteiger partial charge < -0.3 is 15.4 Å². The smallest absolute Gasteiger partial charge is 0.262 e. The van der Waals surface area contributed by atoms with Crippen LogP contribution in [0.3, 0.4) is 0 Å². The van der Waals surface area contributed by atoms with Crippen LogP contribution in [0.5, 0.6) is 5.75 Å². The Balaban J connectivity index is 1.50. The molecule has 0 radical (unpaired) electrons. The zero-order chi connectivity index (χ0) is 16.6. The second-order valence-electron chi connectivity index (χ2n) is 5.09. The number of pyridine rings is 1. The Hall–Kier alpha value is -3.34. The third kappa shape index (κ3) is 4.58. The van der Waals surface area contributed by atoms with Crippen molar-refractivity contribution in [1.29, 1.82) is 0 Å². The average Bonchev–Trinajstić information content (AvgIpc) is 2.63. The van der Waals surface area contributed by atoms with Gasteiger partial charge in [-0.1, -0.05) is 18.2 Å². The van der Waals surface area contributed by atoms with Gasteiger partial charge in [0.1, 0.15) is 5.75 Å². The van der Waals surface area contributed by atoms with Crippen molar-refractivity contribution in [2.75, 3.05) is 17.2 Å². The molecule has 0 aliphatic rings. The lowest BCUT2D eigenvalue weighted by Gasteiger charge is -2.09. The normalized spacial score (nSPS) is 10.0. The number of ether oxygens (including phenoxy) is 1. The molecule has 0 atom stereocenters. The van der Waals surface area contributed by atoms with Gasteiger partial charge in [-0.25, -0.2) is 0 Å². The van der Waals surface area contributed by atoms with Crippen LogP contribution in [0.25, 0.3) is 0 Å². The molecule has 0 spiro atoms. The van der Waals surface area contributed by atoms with Gasteiger partial charge in [0.05, 0.1) is 11.9 Å². The Labute approximate surface area is 140 Å². The highest BCUT2D eigenvalue weighted by molar-refractivity contribution is 5.91. The predicted octanol–water partition coefficient (Wildman–Crippen LogP) is 3.84. The van der Waals surface area contributed by atoms with Crippen molar-refractivity contribution >= 4 is 23.0 Å². The van der Waals surface area contributed by atoms with Gasteiger partial charge in [-0.05, 0) is 48.5 Å². The van der Waals surface area contributed by atoms with Gasteiger partial charge in [-0.2, -0.15) is 0 Å². The van der Waals surface area contributed by atoms with E-state index in [1.54, 1.807) is 24.5 Å². The van der Waals surface area contributed by atoms with E-state index in [1.807, 2.05) is 54.6 Å². The van der Waals surface area contributed by atoms with Crippen molar-refractivity contribution in [2.45, 2.75) is 0 Å². The molecule has 3 rings (SSSR count). The largest absolute Gasteiger partial charge is 0.484 e. The van der Waals surface area contributed by atoms with Gasteiger partial charge in [0.2, 0.25) is 0 Å². The van der Waals surface area contributed by atoms with Crippen LogP contribution in [0.1, 0.15) is 0 Å². The van der Waals surface area contributed by atoms with Crippen LogP contribution in [0.2, 0.25) is 0 Å². The first-order chi connectivity index (χ1) is 11.8. The lowest BCUT2D eigenvalue weighted by molar-refractivity contribution is -0.118. The predicted molar refractivity (Wildman–Crippen MR) is 94.5 cm³/mol. The Morgan fingerprint density at radius 2 is 1.58 bits per heavy atom. The number of carbonyl (C=O) groups excluding carboxylic acids is 1. The Bertz CT molecular complexity index is 775. The van der Waals surface area contributed by atoms with Gasteiger partial charge >= 0.3 is 0 Å². The molecule has 0 saturated carbocycles. The number of nitrogens with one attached hydrogen (secondary N) is 2. The minimum atomic E-state index is -0.227. The lowest BCUT2D eigenvalue weighted by atomic mass is 10.2. The van der Waals surface area contributed by atoms with Crippen molar-refractivity contribution in [3.05, 3.63) is 79.1 Å². The third-order valence-electron chi connectivity index (χ3n) is 3.23. The molecule has 1 amide bonds. The monoisotopic (exact) mass is 319 g/mol. The molecule has 3 aromatic rings. The number of anilines is 3. The zero-order valence-electron chi connectivity index (χ0n) is 13.0. The first-order valence-corrected chi connectivity index (χ1v) is 7.54. The number of hydrogen-bond donors (Lipinski definition) is 2. The van der Waals surface area contributed by atoms with Gasteiger partial charge in [0, 0.05) is 17.6 Å². The molecule has 1 aromatic heterocycles. The van der Waals surface area contributed by atoms with Gasteiger partial charge in [-0.3, -0.25) is 9.78 Å². The summed E-state index contributed by atoms with van der Waals surface area (Å²) in [5.41, 5.74) is 2.61. The van der Waals surface area contributed by atoms with Crippen LogP contribution in [0.15, 0.2) is 79.1 Å². The molecule has 5 heteroatoms. The summed E-state index contributed by atoms with van der Waals surface area (Å²) in [7, 11) is 0. The van der Waals surface area contributed by atoms with Crippen LogP contribution in [0, 0.1) is 0 Å². The summed E-state index contributed by atoms with van der Waals surface area (Å²) < 4.78 is 5.48. The highest BCUT2D eigenvalue weighted by Gasteiger charge is 2.04. The molecule has 0 saturated heterocycles. The summed E-state index contributed by atoms with van der Waals surface area (Å²) in [5.74, 6) is 0.407. The number of amides is 1. The first-order valence-electron chi connectivity index (χ1n) is 7.54. The van der Waals surface area contributed by atoms with E-state index < -0.39 is 0 Å². The fourth-order valence-electron chi connectivity index (χ4n) is 2.11. The van der Waals surface area contributed by atoms with Crippen LogP contribution in [0.4, 0.5) is 17.1 Å². The van der Waals surface area contributed by atoms with Gasteiger partial charge in [0.25, 0.3) is 5.91 Å².